The van der Waals surface area contributed by atoms with Gasteiger partial charge in [0.1, 0.15) is 5.15 Å². The zero-order valence-corrected chi connectivity index (χ0v) is 17.5. The summed E-state index contributed by atoms with van der Waals surface area (Å²) in [5, 5.41) is 9.40. The van der Waals surface area contributed by atoms with Crippen molar-refractivity contribution in [3.63, 3.8) is 0 Å². The summed E-state index contributed by atoms with van der Waals surface area (Å²) in [4.78, 5) is 4.80. The van der Waals surface area contributed by atoms with Crippen LogP contribution < -0.4 is 0 Å². The van der Waals surface area contributed by atoms with Gasteiger partial charge >= 0.3 is 0 Å². The van der Waals surface area contributed by atoms with E-state index in [1.807, 2.05) is 11.3 Å². The van der Waals surface area contributed by atoms with Crippen molar-refractivity contribution < 1.29 is 0 Å². The standard InChI is InChI=1S/C25H12ClNS2/c26-25-24-21(23-22(29-24)16-7-3-4-8-18(16)28-23)20-17(27-25)12-11-14-10-9-13-5-1-2-6-15(13)19(14)20/h1-12H. The number of benzene rings is 4. The Balaban J connectivity index is 1.86. The molecule has 4 heteroatoms. The lowest BCUT2D eigenvalue weighted by Gasteiger charge is -2.09. The number of pyridine rings is 1. The monoisotopic (exact) mass is 425 g/mol. The van der Waals surface area contributed by atoms with Gasteiger partial charge in [-0.05, 0) is 33.7 Å². The number of halogens is 1. The van der Waals surface area contributed by atoms with Crippen molar-refractivity contribution in [3.05, 3.63) is 77.9 Å². The molecule has 1 nitrogen and oxygen atoms in total. The van der Waals surface area contributed by atoms with Crippen LogP contribution in [-0.2, 0) is 0 Å². The molecule has 3 aromatic heterocycles. The topological polar surface area (TPSA) is 12.9 Å². The number of thiophene rings is 2. The number of aromatic nitrogens is 1. The minimum atomic E-state index is 0.601. The van der Waals surface area contributed by atoms with Crippen LogP contribution in [0.3, 0.4) is 0 Å². The van der Waals surface area contributed by atoms with Crippen LogP contribution in [0, 0.1) is 0 Å². The zero-order chi connectivity index (χ0) is 19.1. The number of fused-ring (bicyclic) bond motifs is 11. The molecule has 0 atom stereocenters. The number of hydrogen-bond donors (Lipinski definition) is 0. The summed E-state index contributed by atoms with van der Waals surface area (Å²) in [6.45, 7) is 0. The minimum absolute atomic E-state index is 0.601. The SMILES string of the molecule is Clc1nc2ccc3ccc4ccccc4c3c2c2c1sc1c3ccccc3sc12. The molecule has 29 heavy (non-hydrogen) atoms. The van der Waals surface area contributed by atoms with Crippen molar-refractivity contribution in [2.75, 3.05) is 0 Å². The lowest BCUT2D eigenvalue weighted by Crippen LogP contribution is -1.85. The van der Waals surface area contributed by atoms with E-state index >= 15 is 0 Å². The second-order valence-electron chi connectivity index (χ2n) is 7.31. The van der Waals surface area contributed by atoms with Crippen LogP contribution in [0.5, 0.6) is 0 Å². The zero-order valence-electron chi connectivity index (χ0n) is 15.1. The van der Waals surface area contributed by atoms with E-state index in [9.17, 15) is 0 Å². The van der Waals surface area contributed by atoms with Gasteiger partial charge in [0, 0.05) is 20.9 Å². The molecule has 0 saturated carbocycles. The maximum atomic E-state index is 6.69. The summed E-state index contributed by atoms with van der Waals surface area (Å²) in [5.41, 5.74) is 0.962. The molecule has 0 N–H and O–H groups in total. The van der Waals surface area contributed by atoms with Crippen LogP contribution in [0.15, 0.2) is 72.8 Å². The van der Waals surface area contributed by atoms with E-state index in [1.165, 1.54) is 51.8 Å². The molecule has 7 rings (SSSR count). The molecular weight excluding hydrogens is 414 g/mol. The van der Waals surface area contributed by atoms with Gasteiger partial charge < -0.3 is 0 Å². The van der Waals surface area contributed by atoms with Crippen LogP contribution in [0.1, 0.15) is 0 Å². The van der Waals surface area contributed by atoms with Crippen molar-refractivity contribution in [1.82, 2.24) is 4.98 Å². The summed E-state index contributed by atoms with van der Waals surface area (Å²) in [7, 11) is 0. The maximum Gasteiger partial charge on any atom is 0.147 e. The highest BCUT2D eigenvalue weighted by Gasteiger charge is 2.19. The molecule has 0 amide bonds. The van der Waals surface area contributed by atoms with Gasteiger partial charge in [-0.3, -0.25) is 0 Å². The Labute approximate surface area is 178 Å². The summed E-state index contributed by atoms with van der Waals surface area (Å²) < 4.78 is 5.04. The first-order valence-corrected chi connectivity index (χ1v) is 11.4. The van der Waals surface area contributed by atoms with E-state index < -0.39 is 0 Å². The quantitative estimate of drug-likeness (QED) is 0.175. The maximum absolute atomic E-state index is 6.69. The van der Waals surface area contributed by atoms with Crippen molar-refractivity contribution in [1.29, 1.82) is 0 Å². The Bertz CT molecular complexity index is 1770. The summed E-state index contributed by atoms with van der Waals surface area (Å²) >= 11 is 10.3. The molecule has 0 aliphatic carbocycles. The summed E-state index contributed by atoms with van der Waals surface area (Å²) in [6, 6.07) is 25.9. The molecule has 0 bridgehead atoms. The largest absolute Gasteiger partial charge is 0.235 e. The lowest BCUT2D eigenvalue weighted by atomic mass is 9.97. The van der Waals surface area contributed by atoms with Gasteiger partial charge in [-0.15, -0.1) is 22.7 Å². The third kappa shape index (κ3) is 2.07. The lowest BCUT2D eigenvalue weighted by molar-refractivity contribution is 1.46. The van der Waals surface area contributed by atoms with Crippen LogP contribution in [-0.4, -0.2) is 4.98 Å². The average molecular weight is 426 g/mol. The second kappa shape index (κ2) is 5.67. The molecule has 136 valence electrons. The van der Waals surface area contributed by atoms with Gasteiger partial charge in [0.25, 0.3) is 0 Å². The normalized spacial score (nSPS) is 12.3. The fourth-order valence-corrected chi connectivity index (χ4v) is 7.46. The van der Waals surface area contributed by atoms with Gasteiger partial charge in [0.15, 0.2) is 0 Å². The predicted molar refractivity (Wildman–Crippen MR) is 130 cm³/mol. The van der Waals surface area contributed by atoms with Crippen LogP contribution in [0.2, 0.25) is 5.15 Å². The molecule has 0 spiro atoms. The van der Waals surface area contributed by atoms with Crippen LogP contribution in [0.25, 0.3) is 62.0 Å². The first kappa shape index (κ1) is 16.1. The Morgan fingerprint density at radius 1 is 0.586 bits per heavy atom. The van der Waals surface area contributed by atoms with E-state index in [-0.39, 0.29) is 0 Å². The second-order valence-corrected chi connectivity index (χ2v) is 9.74. The molecular formula is C25H12ClNS2. The van der Waals surface area contributed by atoms with Crippen molar-refractivity contribution in [3.8, 4) is 0 Å². The molecule has 0 aliphatic heterocycles. The molecule has 0 unspecified atom stereocenters. The van der Waals surface area contributed by atoms with E-state index in [1.54, 1.807) is 11.3 Å². The molecule has 0 fully saturated rings. The van der Waals surface area contributed by atoms with Crippen molar-refractivity contribution >= 4 is 96.3 Å². The van der Waals surface area contributed by atoms with Gasteiger partial charge in [-0.2, -0.15) is 0 Å². The highest BCUT2D eigenvalue weighted by molar-refractivity contribution is 7.37. The first-order valence-electron chi connectivity index (χ1n) is 9.43. The van der Waals surface area contributed by atoms with Gasteiger partial charge in [-0.1, -0.05) is 72.3 Å². The predicted octanol–water partition coefficient (Wildman–Crippen LogP) is 8.78. The van der Waals surface area contributed by atoms with Crippen molar-refractivity contribution in [2.24, 2.45) is 0 Å². The Morgan fingerprint density at radius 3 is 2.28 bits per heavy atom. The highest BCUT2D eigenvalue weighted by atomic mass is 35.5. The Kier molecular flexibility index (Phi) is 3.15. The molecule has 7 aromatic rings. The number of hydrogen-bond acceptors (Lipinski definition) is 3. The number of rotatable bonds is 0. The fraction of sp³-hybridized carbons (Fsp3) is 0. The Hall–Kier alpha value is -2.72. The molecule has 3 heterocycles. The average Bonchev–Trinajstić information content (AvgIpc) is 3.30. The van der Waals surface area contributed by atoms with E-state index in [2.05, 4.69) is 72.8 Å². The fourth-order valence-electron chi connectivity index (χ4n) is 4.51. The van der Waals surface area contributed by atoms with Crippen LogP contribution in [0.4, 0.5) is 0 Å². The van der Waals surface area contributed by atoms with Gasteiger partial charge in [0.2, 0.25) is 0 Å². The Morgan fingerprint density at radius 2 is 1.34 bits per heavy atom. The van der Waals surface area contributed by atoms with Crippen LogP contribution >= 0.6 is 34.3 Å². The summed E-state index contributed by atoms with van der Waals surface area (Å²) in [6.07, 6.45) is 0. The summed E-state index contributed by atoms with van der Waals surface area (Å²) in [5.74, 6) is 0. The highest BCUT2D eigenvalue weighted by Crippen LogP contribution is 2.49. The minimum Gasteiger partial charge on any atom is -0.235 e. The van der Waals surface area contributed by atoms with E-state index in [0.717, 1.165) is 10.2 Å². The molecule has 0 radical (unpaired) electrons. The van der Waals surface area contributed by atoms with E-state index in [4.69, 9.17) is 16.6 Å². The smallest absolute Gasteiger partial charge is 0.147 e. The number of nitrogens with zero attached hydrogens (tertiary/aromatic N) is 1. The molecule has 0 saturated heterocycles. The first-order chi connectivity index (χ1) is 14.3. The van der Waals surface area contributed by atoms with Crippen molar-refractivity contribution in [2.45, 2.75) is 0 Å². The third-order valence-electron chi connectivity index (χ3n) is 5.75. The van der Waals surface area contributed by atoms with Gasteiger partial charge in [0.05, 0.1) is 19.6 Å². The molecule has 4 aromatic carbocycles. The van der Waals surface area contributed by atoms with E-state index in [0.29, 0.717) is 5.15 Å². The molecule has 0 aliphatic rings. The van der Waals surface area contributed by atoms with Gasteiger partial charge in [-0.25, -0.2) is 4.98 Å². The third-order valence-corrected chi connectivity index (χ3v) is 8.69.